The van der Waals surface area contributed by atoms with Crippen LogP contribution in [0.1, 0.15) is 37.4 Å². The Bertz CT molecular complexity index is 349. The lowest BCUT2D eigenvalue weighted by molar-refractivity contribution is 0.118. The maximum absolute atomic E-state index is 5.58. The molecule has 0 fully saturated rings. The number of hydrogen-bond donors (Lipinski definition) is 1. The second-order valence-corrected chi connectivity index (χ2v) is 5.58. The molecule has 0 aliphatic rings. The minimum Gasteiger partial charge on any atom is -0.379 e. The molecule has 3 nitrogen and oxygen atoms in total. The molecule has 0 heterocycles. The Labute approximate surface area is 124 Å². The molecule has 1 N–H and O–H groups in total. The van der Waals surface area contributed by atoms with Gasteiger partial charge in [-0.15, -0.1) is 0 Å². The van der Waals surface area contributed by atoms with Crippen molar-refractivity contribution in [1.82, 2.24) is 10.2 Å². The molecule has 114 valence electrons. The molecule has 0 bridgehead atoms. The second-order valence-electron chi connectivity index (χ2n) is 5.58. The van der Waals surface area contributed by atoms with E-state index in [1.165, 1.54) is 24.0 Å². The van der Waals surface area contributed by atoms with Gasteiger partial charge in [0.05, 0.1) is 13.2 Å². The molecule has 0 aliphatic carbocycles. The van der Waals surface area contributed by atoms with Gasteiger partial charge in [0, 0.05) is 19.1 Å². The maximum atomic E-state index is 5.58. The van der Waals surface area contributed by atoms with E-state index >= 15 is 0 Å². The summed E-state index contributed by atoms with van der Waals surface area (Å²) in [6.45, 7) is 7.86. The highest BCUT2D eigenvalue weighted by Crippen LogP contribution is 2.13. The summed E-state index contributed by atoms with van der Waals surface area (Å²) in [5.41, 5.74) is 2.77. The smallest absolute Gasteiger partial charge is 0.0593 e. The van der Waals surface area contributed by atoms with Gasteiger partial charge in [-0.25, -0.2) is 0 Å². The van der Waals surface area contributed by atoms with Crippen molar-refractivity contribution >= 4 is 0 Å². The standard InChI is InChI=1S/C17H30N2O/c1-5-6-16-7-9-17(10-8-16)15(2)18-11-13-20-14-12-19(3)4/h7-10,15,18H,5-6,11-14H2,1-4H3. The molecule has 1 aromatic carbocycles. The zero-order valence-electron chi connectivity index (χ0n) is 13.5. The van der Waals surface area contributed by atoms with Crippen LogP contribution in [0.5, 0.6) is 0 Å². The third kappa shape index (κ3) is 7.04. The van der Waals surface area contributed by atoms with E-state index in [1.807, 2.05) is 0 Å². The molecular weight excluding hydrogens is 248 g/mol. The van der Waals surface area contributed by atoms with Crippen LogP contribution < -0.4 is 5.32 Å². The van der Waals surface area contributed by atoms with Crippen LogP contribution >= 0.6 is 0 Å². The number of nitrogens with zero attached hydrogens (tertiary/aromatic N) is 1. The molecule has 0 aliphatic heterocycles. The number of rotatable bonds is 10. The van der Waals surface area contributed by atoms with Crippen molar-refractivity contribution in [2.24, 2.45) is 0 Å². The van der Waals surface area contributed by atoms with Crippen molar-refractivity contribution in [2.75, 3.05) is 40.4 Å². The Morgan fingerprint density at radius 1 is 1.15 bits per heavy atom. The zero-order chi connectivity index (χ0) is 14.8. The number of ether oxygens (including phenoxy) is 1. The summed E-state index contributed by atoms with van der Waals surface area (Å²) in [5.74, 6) is 0. The summed E-state index contributed by atoms with van der Waals surface area (Å²) in [6.07, 6.45) is 2.37. The highest BCUT2D eigenvalue weighted by atomic mass is 16.5. The maximum Gasteiger partial charge on any atom is 0.0593 e. The number of benzene rings is 1. The van der Waals surface area contributed by atoms with Gasteiger partial charge in [0.25, 0.3) is 0 Å². The third-order valence-electron chi connectivity index (χ3n) is 3.40. The predicted molar refractivity (Wildman–Crippen MR) is 86.2 cm³/mol. The van der Waals surface area contributed by atoms with E-state index in [2.05, 4.69) is 62.4 Å². The van der Waals surface area contributed by atoms with Crippen molar-refractivity contribution in [2.45, 2.75) is 32.7 Å². The first-order chi connectivity index (χ1) is 9.63. The van der Waals surface area contributed by atoms with Crippen LogP contribution in [0.25, 0.3) is 0 Å². The van der Waals surface area contributed by atoms with Gasteiger partial charge in [0.1, 0.15) is 0 Å². The van der Waals surface area contributed by atoms with Gasteiger partial charge >= 0.3 is 0 Å². The predicted octanol–water partition coefficient (Wildman–Crippen LogP) is 2.87. The summed E-state index contributed by atoms with van der Waals surface area (Å²) >= 11 is 0. The van der Waals surface area contributed by atoms with E-state index in [0.717, 1.165) is 26.3 Å². The quantitative estimate of drug-likeness (QED) is 0.666. The van der Waals surface area contributed by atoms with E-state index in [4.69, 9.17) is 4.74 Å². The molecule has 0 saturated heterocycles. The molecule has 20 heavy (non-hydrogen) atoms. The monoisotopic (exact) mass is 278 g/mol. The van der Waals surface area contributed by atoms with Crippen molar-refractivity contribution in [3.05, 3.63) is 35.4 Å². The SMILES string of the molecule is CCCc1ccc(C(C)NCCOCCN(C)C)cc1. The molecule has 1 atom stereocenters. The van der Waals surface area contributed by atoms with E-state index in [-0.39, 0.29) is 0 Å². The van der Waals surface area contributed by atoms with Gasteiger partial charge in [-0.1, -0.05) is 37.6 Å². The average molecular weight is 278 g/mol. The molecule has 1 unspecified atom stereocenters. The number of aryl methyl sites for hydroxylation is 1. The normalized spacial score (nSPS) is 12.8. The van der Waals surface area contributed by atoms with Gasteiger partial charge in [-0.3, -0.25) is 0 Å². The molecule has 0 amide bonds. The van der Waals surface area contributed by atoms with Crippen LogP contribution in [-0.2, 0) is 11.2 Å². The fourth-order valence-electron chi connectivity index (χ4n) is 2.08. The van der Waals surface area contributed by atoms with Crippen LogP contribution in [0.2, 0.25) is 0 Å². The summed E-state index contributed by atoms with van der Waals surface area (Å²) < 4.78 is 5.58. The van der Waals surface area contributed by atoms with Crippen LogP contribution in [0, 0.1) is 0 Å². The van der Waals surface area contributed by atoms with Crippen LogP contribution in [-0.4, -0.2) is 45.3 Å². The lowest BCUT2D eigenvalue weighted by atomic mass is 10.0. The first-order valence-electron chi connectivity index (χ1n) is 7.68. The largest absolute Gasteiger partial charge is 0.379 e. The molecule has 1 rings (SSSR count). The lowest BCUT2D eigenvalue weighted by Crippen LogP contribution is -2.25. The molecule has 0 aromatic heterocycles. The van der Waals surface area contributed by atoms with E-state index in [0.29, 0.717) is 6.04 Å². The molecule has 0 spiro atoms. The fourth-order valence-corrected chi connectivity index (χ4v) is 2.08. The molecule has 0 saturated carbocycles. The van der Waals surface area contributed by atoms with E-state index in [1.54, 1.807) is 0 Å². The van der Waals surface area contributed by atoms with E-state index < -0.39 is 0 Å². The summed E-state index contributed by atoms with van der Waals surface area (Å²) in [6, 6.07) is 9.32. The van der Waals surface area contributed by atoms with Gasteiger partial charge in [-0.05, 0) is 38.6 Å². The van der Waals surface area contributed by atoms with Gasteiger partial charge in [0.2, 0.25) is 0 Å². The van der Waals surface area contributed by atoms with Crippen molar-refractivity contribution in [3.8, 4) is 0 Å². The molecular formula is C17H30N2O. The summed E-state index contributed by atoms with van der Waals surface area (Å²) in [4.78, 5) is 2.13. The molecule has 3 heteroatoms. The Kier molecular flexibility index (Phi) is 8.51. The highest BCUT2D eigenvalue weighted by molar-refractivity contribution is 5.24. The second kappa shape index (κ2) is 9.92. The number of likely N-dealkylation sites (N-methyl/N-ethyl adjacent to an activating group) is 1. The minimum absolute atomic E-state index is 0.378. The summed E-state index contributed by atoms with van der Waals surface area (Å²) in [5, 5.41) is 3.50. The van der Waals surface area contributed by atoms with Crippen molar-refractivity contribution in [3.63, 3.8) is 0 Å². The van der Waals surface area contributed by atoms with E-state index in [9.17, 15) is 0 Å². The first-order valence-corrected chi connectivity index (χ1v) is 7.68. The third-order valence-corrected chi connectivity index (χ3v) is 3.40. The van der Waals surface area contributed by atoms with Gasteiger partial charge < -0.3 is 15.0 Å². The Morgan fingerprint density at radius 3 is 2.45 bits per heavy atom. The first kappa shape index (κ1) is 17.2. The topological polar surface area (TPSA) is 24.5 Å². The Morgan fingerprint density at radius 2 is 1.85 bits per heavy atom. The Hall–Kier alpha value is -0.900. The van der Waals surface area contributed by atoms with Crippen molar-refractivity contribution < 1.29 is 4.74 Å². The van der Waals surface area contributed by atoms with Crippen molar-refractivity contribution in [1.29, 1.82) is 0 Å². The van der Waals surface area contributed by atoms with Gasteiger partial charge in [-0.2, -0.15) is 0 Å². The van der Waals surface area contributed by atoms with Crippen LogP contribution in [0.4, 0.5) is 0 Å². The highest BCUT2D eigenvalue weighted by Gasteiger charge is 2.04. The lowest BCUT2D eigenvalue weighted by Gasteiger charge is -2.15. The minimum atomic E-state index is 0.378. The molecule has 0 radical (unpaired) electrons. The van der Waals surface area contributed by atoms with Crippen LogP contribution in [0.3, 0.4) is 0 Å². The number of hydrogen-bond acceptors (Lipinski definition) is 3. The number of nitrogens with one attached hydrogen (secondary N) is 1. The Balaban J connectivity index is 2.20. The fraction of sp³-hybridized carbons (Fsp3) is 0.647. The molecule has 1 aromatic rings. The summed E-state index contributed by atoms with van der Waals surface area (Å²) in [7, 11) is 4.12. The van der Waals surface area contributed by atoms with Crippen LogP contribution in [0.15, 0.2) is 24.3 Å². The average Bonchev–Trinajstić information content (AvgIpc) is 2.43. The van der Waals surface area contributed by atoms with Gasteiger partial charge in [0.15, 0.2) is 0 Å². The zero-order valence-corrected chi connectivity index (χ0v) is 13.5.